The highest BCUT2D eigenvalue weighted by Gasteiger charge is 2.26. The molecule has 0 aliphatic carbocycles. The normalized spacial score (nSPS) is 14.8. The lowest BCUT2D eigenvalue weighted by molar-refractivity contribution is -0.161. The molecule has 0 rings (SSSR count). The Morgan fingerprint density at radius 1 is 0.618 bits per heavy atom. The summed E-state index contributed by atoms with van der Waals surface area (Å²) in [6, 6.07) is 0. The van der Waals surface area contributed by atoms with Gasteiger partial charge in [0.2, 0.25) is 0 Å². The first-order chi connectivity index (χ1) is 26.6. The molecule has 0 aromatic carbocycles. The lowest BCUT2D eigenvalue weighted by Gasteiger charge is -2.20. The summed E-state index contributed by atoms with van der Waals surface area (Å²) in [6.45, 7) is 3.46. The van der Waals surface area contributed by atoms with E-state index < -0.39 is 44.7 Å². The molecular weight excluding hydrogens is 721 g/mol. The Bertz CT molecular complexity index is 1040. The van der Waals surface area contributed by atoms with Crippen LogP contribution in [0, 0.1) is 0 Å². The SMILES string of the molecule is CCCCC/C=C\C/C=C\CCCCCCCCCC(=O)O[C@H](COC(=O)CCCCCCC[C@@H](O)[C@H](O)C/C=C\CCCCC)COP(=O)(O)OCCN. The third kappa shape index (κ3) is 37.5. The van der Waals surface area contributed by atoms with Gasteiger partial charge in [-0.05, 0) is 70.6 Å². The Morgan fingerprint density at radius 2 is 1.13 bits per heavy atom. The number of esters is 2. The van der Waals surface area contributed by atoms with Gasteiger partial charge in [0.05, 0.1) is 25.4 Å². The number of aliphatic hydroxyl groups is 2. The quantitative estimate of drug-likeness (QED) is 0.0201. The van der Waals surface area contributed by atoms with Crippen LogP contribution in [-0.4, -0.2) is 71.7 Å². The number of unbranched alkanes of at least 4 members (excludes halogenated alkanes) is 17. The van der Waals surface area contributed by atoms with Crippen molar-refractivity contribution in [3.63, 3.8) is 0 Å². The van der Waals surface area contributed by atoms with Crippen molar-refractivity contribution in [3.8, 4) is 0 Å². The molecule has 12 heteroatoms. The first kappa shape index (κ1) is 53.1. The van der Waals surface area contributed by atoms with Gasteiger partial charge in [-0.2, -0.15) is 0 Å². The summed E-state index contributed by atoms with van der Waals surface area (Å²) in [5.41, 5.74) is 5.34. The van der Waals surface area contributed by atoms with Crippen LogP contribution in [0.15, 0.2) is 36.5 Å². The molecule has 0 heterocycles. The standard InChI is InChI=1S/C43H80NO10P/c1-3-5-7-9-11-12-13-14-15-16-17-18-19-20-21-25-30-34-43(48)54-39(38-53-55(49,50)52-36-35-44)37-51-42(47)33-29-26-22-24-28-32-41(46)40(45)31-27-23-10-8-6-4-2/h11-12,14-15,23,27,39-41,45-46H,3-10,13,16-22,24-26,28-38,44H2,1-2H3,(H,49,50)/b12-11-,15-14-,27-23-/t39-,40-,41-/m1/s1. The molecule has 5 N–H and O–H groups in total. The van der Waals surface area contributed by atoms with Crippen LogP contribution in [0.1, 0.15) is 181 Å². The second-order valence-electron chi connectivity index (χ2n) is 14.5. The van der Waals surface area contributed by atoms with Crippen LogP contribution >= 0.6 is 7.82 Å². The monoisotopic (exact) mass is 802 g/mol. The van der Waals surface area contributed by atoms with Gasteiger partial charge in [-0.15, -0.1) is 0 Å². The van der Waals surface area contributed by atoms with Crippen molar-refractivity contribution in [3.05, 3.63) is 36.5 Å². The Hall–Kier alpha value is -1.85. The maximum atomic E-state index is 12.6. The van der Waals surface area contributed by atoms with E-state index in [0.29, 0.717) is 25.7 Å². The largest absolute Gasteiger partial charge is 0.472 e. The van der Waals surface area contributed by atoms with E-state index in [-0.39, 0.29) is 32.6 Å². The van der Waals surface area contributed by atoms with Crippen molar-refractivity contribution < 1.29 is 47.8 Å². The third-order valence-corrected chi connectivity index (χ3v) is 10.2. The second kappa shape index (κ2) is 39.0. The van der Waals surface area contributed by atoms with Crippen LogP contribution in [0.5, 0.6) is 0 Å². The third-order valence-electron chi connectivity index (χ3n) is 9.20. The molecule has 322 valence electrons. The highest BCUT2D eigenvalue weighted by molar-refractivity contribution is 7.47. The number of phosphoric acid groups is 1. The topological polar surface area (TPSA) is 175 Å². The number of carbonyl (C=O) groups excluding carboxylic acids is 2. The maximum Gasteiger partial charge on any atom is 0.472 e. The van der Waals surface area contributed by atoms with Crippen LogP contribution in [0.3, 0.4) is 0 Å². The van der Waals surface area contributed by atoms with Gasteiger partial charge in [0.1, 0.15) is 6.61 Å². The number of carbonyl (C=O) groups is 2. The van der Waals surface area contributed by atoms with E-state index in [9.17, 15) is 29.3 Å². The molecular formula is C43H80NO10P. The Balaban J connectivity index is 4.29. The van der Waals surface area contributed by atoms with Crippen LogP contribution in [0.4, 0.5) is 0 Å². The van der Waals surface area contributed by atoms with Gasteiger partial charge in [-0.1, -0.05) is 134 Å². The molecule has 0 aliphatic heterocycles. The zero-order chi connectivity index (χ0) is 40.7. The fraction of sp³-hybridized carbons (Fsp3) is 0.814. The van der Waals surface area contributed by atoms with E-state index in [1.807, 2.05) is 6.08 Å². The van der Waals surface area contributed by atoms with Gasteiger partial charge in [0.25, 0.3) is 0 Å². The first-order valence-electron chi connectivity index (χ1n) is 21.6. The van der Waals surface area contributed by atoms with Crippen molar-refractivity contribution in [2.24, 2.45) is 5.73 Å². The maximum absolute atomic E-state index is 12.6. The lowest BCUT2D eigenvalue weighted by atomic mass is 10.0. The van der Waals surface area contributed by atoms with Crippen LogP contribution < -0.4 is 5.73 Å². The predicted molar refractivity (Wildman–Crippen MR) is 222 cm³/mol. The van der Waals surface area contributed by atoms with Gasteiger partial charge in [0, 0.05) is 19.4 Å². The van der Waals surface area contributed by atoms with E-state index in [0.717, 1.165) is 70.6 Å². The average Bonchev–Trinajstić information content (AvgIpc) is 3.17. The summed E-state index contributed by atoms with van der Waals surface area (Å²) >= 11 is 0. The molecule has 0 fully saturated rings. The summed E-state index contributed by atoms with van der Waals surface area (Å²) in [5, 5.41) is 20.4. The molecule has 0 saturated heterocycles. The zero-order valence-electron chi connectivity index (χ0n) is 34.6. The van der Waals surface area contributed by atoms with Crippen LogP contribution in [0.25, 0.3) is 0 Å². The fourth-order valence-electron chi connectivity index (χ4n) is 5.80. The number of hydrogen-bond acceptors (Lipinski definition) is 10. The fourth-order valence-corrected chi connectivity index (χ4v) is 6.57. The van der Waals surface area contributed by atoms with Gasteiger partial charge in [0.15, 0.2) is 6.10 Å². The number of phosphoric ester groups is 1. The van der Waals surface area contributed by atoms with Crippen molar-refractivity contribution in [1.29, 1.82) is 0 Å². The molecule has 1 unspecified atom stereocenters. The average molecular weight is 802 g/mol. The molecule has 55 heavy (non-hydrogen) atoms. The summed E-state index contributed by atoms with van der Waals surface area (Å²) in [5.74, 6) is -0.949. The van der Waals surface area contributed by atoms with E-state index in [1.165, 1.54) is 57.8 Å². The molecule has 0 spiro atoms. The number of hydrogen-bond donors (Lipinski definition) is 4. The molecule has 0 aliphatic rings. The number of aliphatic hydroxyl groups excluding tert-OH is 2. The summed E-state index contributed by atoms with van der Waals surface area (Å²) < 4.78 is 32.7. The van der Waals surface area contributed by atoms with Crippen molar-refractivity contribution in [1.82, 2.24) is 0 Å². The molecule has 4 atom stereocenters. The van der Waals surface area contributed by atoms with Crippen LogP contribution in [0.2, 0.25) is 0 Å². The van der Waals surface area contributed by atoms with Crippen molar-refractivity contribution in [2.45, 2.75) is 199 Å². The molecule has 0 aromatic heterocycles. The molecule has 11 nitrogen and oxygen atoms in total. The molecule has 0 bridgehead atoms. The van der Waals surface area contributed by atoms with E-state index >= 15 is 0 Å². The number of nitrogens with two attached hydrogens (primary N) is 1. The minimum Gasteiger partial charge on any atom is -0.462 e. The molecule has 0 amide bonds. The van der Waals surface area contributed by atoms with Gasteiger partial charge >= 0.3 is 19.8 Å². The van der Waals surface area contributed by atoms with E-state index in [1.54, 1.807) is 0 Å². The van der Waals surface area contributed by atoms with Crippen LogP contribution in [-0.2, 0) is 32.7 Å². The minimum absolute atomic E-state index is 0.0286. The van der Waals surface area contributed by atoms with Gasteiger partial charge < -0.3 is 30.3 Å². The number of rotatable bonds is 40. The number of allylic oxidation sites excluding steroid dienone is 5. The Kier molecular flexibility index (Phi) is 37.7. The van der Waals surface area contributed by atoms with Crippen molar-refractivity contribution >= 4 is 19.8 Å². The molecule has 0 radical (unpaired) electrons. The van der Waals surface area contributed by atoms with E-state index in [4.69, 9.17) is 24.3 Å². The van der Waals surface area contributed by atoms with E-state index in [2.05, 4.69) is 44.2 Å². The van der Waals surface area contributed by atoms with Gasteiger partial charge in [-0.25, -0.2) is 4.57 Å². The first-order valence-corrected chi connectivity index (χ1v) is 23.1. The van der Waals surface area contributed by atoms with Crippen molar-refractivity contribution in [2.75, 3.05) is 26.4 Å². The number of ether oxygens (including phenoxy) is 2. The van der Waals surface area contributed by atoms with Gasteiger partial charge in [-0.3, -0.25) is 18.6 Å². The lowest BCUT2D eigenvalue weighted by Crippen LogP contribution is -2.29. The Labute approximate surface area is 334 Å². The zero-order valence-corrected chi connectivity index (χ0v) is 35.5. The predicted octanol–water partition coefficient (Wildman–Crippen LogP) is 10.1. The molecule has 0 saturated carbocycles. The summed E-state index contributed by atoms with van der Waals surface area (Å²) in [7, 11) is -4.41. The summed E-state index contributed by atoms with van der Waals surface area (Å²) in [4.78, 5) is 34.9. The highest BCUT2D eigenvalue weighted by atomic mass is 31.2. The minimum atomic E-state index is -4.41. The molecule has 0 aromatic rings. The highest BCUT2D eigenvalue weighted by Crippen LogP contribution is 2.43. The Morgan fingerprint density at radius 3 is 1.71 bits per heavy atom. The smallest absolute Gasteiger partial charge is 0.462 e. The summed E-state index contributed by atoms with van der Waals surface area (Å²) in [6.07, 6.45) is 34.8. The second-order valence-corrected chi connectivity index (χ2v) is 16.0.